The topological polar surface area (TPSA) is 37.6 Å². The van der Waals surface area contributed by atoms with E-state index < -0.39 is 5.60 Å². The van der Waals surface area contributed by atoms with Crippen LogP contribution in [0.5, 0.6) is 0 Å². The predicted molar refractivity (Wildman–Crippen MR) is 95.5 cm³/mol. The van der Waals surface area contributed by atoms with Crippen molar-refractivity contribution in [2.75, 3.05) is 19.6 Å². The van der Waals surface area contributed by atoms with Crippen LogP contribution in [0.15, 0.2) is 54.9 Å². The Hall–Kier alpha value is -2.15. The molecule has 124 valence electrons. The molecule has 0 aliphatic carbocycles. The van der Waals surface area contributed by atoms with Gasteiger partial charge in [0.1, 0.15) is 12.1 Å². The summed E-state index contributed by atoms with van der Waals surface area (Å²) < 4.78 is 0. The van der Waals surface area contributed by atoms with Crippen molar-refractivity contribution in [3.63, 3.8) is 0 Å². The summed E-state index contributed by atoms with van der Waals surface area (Å²) in [4.78, 5) is 5.63. The lowest BCUT2D eigenvalue weighted by Crippen LogP contribution is -3.12. The largest absolute Gasteiger partial charge is 0.379 e. The van der Waals surface area contributed by atoms with Gasteiger partial charge in [-0.3, -0.25) is 4.98 Å². The Labute approximate surface area is 144 Å². The van der Waals surface area contributed by atoms with E-state index in [0.29, 0.717) is 6.42 Å². The van der Waals surface area contributed by atoms with Gasteiger partial charge in [0.2, 0.25) is 0 Å². The predicted octanol–water partition coefficient (Wildman–Crippen LogP) is 1.78. The van der Waals surface area contributed by atoms with Crippen LogP contribution < -0.4 is 4.90 Å². The Kier molecular flexibility index (Phi) is 5.63. The van der Waals surface area contributed by atoms with Crippen LogP contribution in [-0.4, -0.2) is 29.7 Å². The number of hydrogen-bond donors (Lipinski definition) is 2. The molecule has 2 heterocycles. The van der Waals surface area contributed by atoms with Crippen molar-refractivity contribution in [1.82, 2.24) is 4.98 Å². The maximum atomic E-state index is 11.4. The fourth-order valence-electron chi connectivity index (χ4n) is 3.32. The van der Waals surface area contributed by atoms with Crippen LogP contribution in [0.4, 0.5) is 0 Å². The van der Waals surface area contributed by atoms with Crippen molar-refractivity contribution in [2.24, 2.45) is 0 Å². The lowest BCUT2D eigenvalue weighted by molar-refractivity contribution is -0.897. The van der Waals surface area contributed by atoms with Crippen molar-refractivity contribution in [3.05, 3.63) is 66.0 Å². The number of nitrogens with zero attached hydrogens (tertiary/aromatic N) is 1. The van der Waals surface area contributed by atoms with Crippen molar-refractivity contribution in [1.29, 1.82) is 0 Å². The molecule has 1 saturated heterocycles. The average molecular weight is 321 g/mol. The summed E-state index contributed by atoms with van der Waals surface area (Å²) in [6.07, 6.45) is 7.80. The molecule has 2 aromatic rings. The molecule has 0 bridgehead atoms. The summed E-state index contributed by atoms with van der Waals surface area (Å²) in [6, 6.07) is 13.5. The molecular weight excluding hydrogens is 296 g/mol. The number of likely N-dealkylation sites (tertiary alicyclic amines) is 1. The van der Waals surface area contributed by atoms with Crippen LogP contribution in [0.2, 0.25) is 0 Å². The van der Waals surface area contributed by atoms with Crippen molar-refractivity contribution in [3.8, 4) is 11.8 Å². The Morgan fingerprint density at radius 1 is 0.917 bits per heavy atom. The van der Waals surface area contributed by atoms with E-state index in [4.69, 9.17) is 0 Å². The highest BCUT2D eigenvalue weighted by Crippen LogP contribution is 2.32. The van der Waals surface area contributed by atoms with Gasteiger partial charge in [-0.25, -0.2) is 0 Å². The summed E-state index contributed by atoms with van der Waals surface area (Å²) in [5.41, 5.74) is 0.619. The summed E-state index contributed by atoms with van der Waals surface area (Å²) in [7, 11) is 0. The summed E-state index contributed by atoms with van der Waals surface area (Å²) in [6.45, 7) is 3.32. The third-order valence-electron chi connectivity index (χ3n) is 4.78. The van der Waals surface area contributed by atoms with Gasteiger partial charge < -0.3 is 10.0 Å². The van der Waals surface area contributed by atoms with Crippen molar-refractivity contribution >= 4 is 0 Å². The molecule has 1 fully saturated rings. The summed E-state index contributed by atoms with van der Waals surface area (Å²) in [5.74, 6) is 6.52. The minimum atomic E-state index is -1.09. The van der Waals surface area contributed by atoms with Crippen LogP contribution in [-0.2, 0) is 5.60 Å². The fourth-order valence-corrected chi connectivity index (χ4v) is 3.32. The summed E-state index contributed by atoms with van der Waals surface area (Å²) >= 11 is 0. The third-order valence-corrected chi connectivity index (χ3v) is 4.78. The number of piperidine rings is 1. The fraction of sp³-hybridized carbons (Fsp3) is 0.381. The van der Waals surface area contributed by atoms with Crippen molar-refractivity contribution in [2.45, 2.75) is 31.3 Å². The first-order valence-electron chi connectivity index (χ1n) is 8.77. The first-order valence-corrected chi connectivity index (χ1v) is 8.77. The van der Waals surface area contributed by atoms with E-state index in [9.17, 15) is 5.11 Å². The highest BCUT2D eigenvalue weighted by Gasteiger charge is 2.30. The minimum absolute atomic E-state index is 0.397. The van der Waals surface area contributed by atoms with E-state index in [-0.39, 0.29) is 0 Å². The highest BCUT2D eigenvalue weighted by molar-refractivity contribution is 5.36. The van der Waals surface area contributed by atoms with Crippen LogP contribution in [0.1, 0.15) is 36.8 Å². The molecule has 1 aromatic carbocycles. The second-order valence-corrected chi connectivity index (χ2v) is 6.48. The molecular formula is C21H25N2O+. The van der Waals surface area contributed by atoms with E-state index in [1.54, 1.807) is 17.3 Å². The molecule has 1 aromatic heterocycles. The second-order valence-electron chi connectivity index (χ2n) is 6.48. The number of hydrogen-bond acceptors (Lipinski definition) is 2. The molecule has 1 aliphatic heterocycles. The number of quaternary nitrogens is 1. The lowest BCUT2D eigenvalue weighted by Gasteiger charge is -2.27. The highest BCUT2D eigenvalue weighted by atomic mass is 16.3. The maximum absolute atomic E-state index is 11.4. The zero-order valence-corrected chi connectivity index (χ0v) is 14.0. The second kappa shape index (κ2) is 8.10. The standard InChI is InChI=1S/C21H24N2O/c24-21(19-9-3-1-4-10-19,20-11-14-22-15-12-20)13-5-8-18-23-16-6-2-7-17-23/h1,3-4,9-12,14-15,24H,2,6-7,13,16-18H2/p+1/t21-/m0/s1. The van der Waals surface area contributed by atoms with E-state index in [1.165, 1.54) is 32.4 Å². The van der Waals surface area contributed by atoms with Gasteiger partial charge in [0, 0.05) is 18.8 Å². The zero-order chi connectivity index (χ0) is 16.7. The number of nitrogens with one attached hydrogen (secondary N) is 1. The Balaban J connectivity index is 1.76. The Morgan fingerprint density at radius 3 is 2.29 bits per heavy atom. The molecule has 2 N–H and O–H groups in total. The molecule has 0 amide bonds. The van der Waals surface area contributed by atoms with Gasteiger partial charge in [0.25, 0.3) is 0 Å². The van der Waals surface area contributed by atoms with Crippen LogP contribution in [0.25, 0.3) is 0 Å². The van der Waals surface area contributed by atoms with Gasteiger partial charge in [-0.2, -0.15) is 0 Å². The molecule has 3 nitrogen and oxygen atoms in total. The summed E-state index contributed by atoms with van der Waals surface area (Å²) in [5, 5.41) is 11.4. The average Bonchev–Trinajstić information content (AvgIpc) is 2.67. The molecule has 24 heavy (non-hydrogen) atoms. The Bertz CT molecular complexity index is 643. The lowest BCUT2D eigenvalue weighted by atomic mass is 9.84. The van der Waals surface area contributed by atoms with Crippen LogP contribution in [0, 0.1) is 11.8 Å². The van der Waals surface area contributed by atoms with Gasteiger partial charge in [-0.05, 0) is 48.4 Å². The van der Waals surface area contributed by atoms with Crippen LogP contribution in [0.3, 0.4) is 0 Å². The zero-order valence-electron chi connectivity index (χ0n) is 14.0. The maximum Gasteiger partial charge on any atom is 0.139 e. The van der Waals surface area contributed by atoms with Crippen LogP contribution >= 0.6 is 0 Å². The monoisotopic (exact) mass is 321 g/mol. The number of rotatable bonds is 4. The van der Waals surface area contributed by atoms with Crippen molar-refractivity contribution < 1.29 is 10.0 Å². The quantitative estimate of drug-likeness (QED) is 0.843. The first kappa shape index (κ1) is 16.7. The molecule has 0 unspecified atom stereocenters. The number of aromatic nitrogens is 1. The molecule has 3 heteroatoms. The van der Waals surface area contributed by atoms with Gasteiger partial charge in [0.05, 0.1) is 13.1 Å². The van der Waals surface area contributed by atoms with Gasteiger partial charge >= 0.3 is 0 Å². The molecule has 1 aliphatic rings. The molecule has 0 spiro atoms. The van der Waals surface area contributed by atoms with E-state index in [2.05, 4.69) is 16.8 Å². The Morgan fingerprint density at radius 2 is 1.58 bits per heavy atom. The smallest absolute Gasteiger partial charge is 0.139 e. The molecule has 0 saturated carbocycles. The normalized spacial score (nSPS) is 17.5. The van der Waals surface area contributed by atoms with E-state index in [0.717, 1.165) is 17.7 Å². The molecule has 0 radical (unpaired) electrons. The molecule has 3 rings (SSSR count). The van der Waals surface area contributed by atoms with E-state index >= 15 is 0 Å². The SMILES string of the molecule is O[C@@](CC#CC[NH+]1CCCCC1)(c1ccccc1)c1ccncc1. The number of benzene rings is 1. The third kappa shape index (κ3) is 4.03. The van der Waals surface area contributed by atoms with Gasteiger partial charge in [-0.1, -0.05) is 36.3 Å². The van der Waals surface area contributed by atoms with Gasteiger partial charge in [0.15, 0.2) is 0 Å². The first-order chi connectivity index (χ1) is 11.8. The number of aliphatic hydroxyl groups is 1. The minimum Gasteiger partial charge on any atom is -0.379 e. The van der Waals surface area contributed by atoms with Gasteiger partial charge in [-0.15, -0.1) is 0 Å². The van der Waals surface area contributed by atoms with E-state index in [1.807, 2.05) is 42.5 Å². The molecule has 1 atom stereocenters. The number of pyridine rings is 1.